The van der Waals surface area contributed by atoms with E-state index in [1.807, 2.05) is 30.3 Å². The third kappa shape index (κ3) is 2.79. The van der Waals surface area contributed by atoms with Gasteiger partial charge in [-0.1, -0.05) is 50.2 Å². The number of hydrogen-bond donors (Lipinski definition) is 2. The monoisotopic (exact) mass is 282 g/mol. The summed E-state index contributed by atoms with van der Waals surface area (Å²) in [7, 11) is 0. The molecule has 2 aromatic carbocycles. The van der Waals surface area contributed by atoms with Crippen LogP contribution in [0.5, 0.6) is 0 Å². The van der Waals surface area contributed by atoms with E-state index in [9.17, 15) is 4.79 Å². The van der Waals surface area contributed by atoms with Crippen molar-refractivity contribution in [3.8, 4) is 0 Å². The molecule has 0 aliphatic carbocycles. The predicted molar refractivity (Wildman–Crippen MR) is 87.4 cm³/mol. The van der Waals surface area contributed by atoms with Crippen LogP contribution in [-0.4, -0.2) is 18.5 Å². The van der Waals surface area contributed by atoms with Crippen molar-refractivity contribution >= 4 is 22.4 Å². The van der Waals surface area contributed by atoms with Crippen LogP contribution in [0.1, 0.15) is 26.7 Å². The van der Waals surface area contributed by atoms with Gasteiger partial charge >= 0.3 is 0 Å². The van der Waals surface area contributed by atoms with Gasteiger partial charge in [0, 0.05) is 11.1 Å². The Morgan fingerprint density at radius 3 is 2.76 bits per heavy atom. The Bertz CT molecular complexity index is 658. The topological polar surface area (TPSA) is 41.1 Å². The Morgan fingerprint density at radius 2 is 1.95 bits per heavy atom. The Hall–Kier alpha value is -1.87. The number of hydrogen-bond acceptors (Lipinski definition) is 2. The van der Waals surface area contributed by atoms with Gasteiger partial charge in [0.25, 0.3) is 0 Å². The summed E-state index contributed by atoms with van der Waals surface area (Å²) in [5.74, 6) is 0.0658. The molecule has 0 aromatic heterocycles. The standard InChI is InChI=1S/C18H22N2O/c1-18(2)11-6-12-19-16(18)17(21)20-15-10-5-8-13-7-3-4-9-14(13)15/h3-5,7-10,16,19H,6,11-12H2,1-2H3,(H,20,21). The summed E-state index contributed by atoms with van der Waals surface area (Å²) < 4.78 is 0. The SMILES string of the molecule is CC1(C)CCCNC1C(=O)Nc1cccc2ccccc12. The van der Waals surface area contributed by atoms with E-state index in [0.29, 0.717) is 0 Å². The molecule has 1 atom stereocenters. The van der Waals surface area contributed by atoms with Crippen LogP contribution in [0.4, 0.5) is 5.69 Å². The normalized spacial score (nSPS) is 21.1. The van der Waals surface area contributed by atoms with Gasteiger partial charge in [-0.2, -0.15) is 0 Å². The lowest BCUT2D eigenvalue weighted by molar-refractivity contribution is -0.121. The van der Waals surface area contributed by atoms with Gasteiger partial charge in [-0.3, -0.25) is 4.79 Å². The number of nitrogens with one attached hydrogen (secondary N) is 2. The van der Waals surface area contributed by atoms with Crippen molar-refractivity contribution in [1.82, 2.24) is 5.32 Å². The molecule has 3 nitrogen and oxygen atoms in total. The van der Waals surface area contributed by atoms with Crippen molar-refractivity contribution in [2.24, 2.45) is 5.41 Å². The van der Waals surface area contributed by atoms with E-state index < -0.39 is 0 Å². The lowest BCUT2D eigenvalue weighted by Crippen LogP contribution is -2.53. The van der Waals surface area contributed by atoms with Gasteiger partial charge in [-0.15, -0.1) is 0 Å². The zero-order valence-electron chi connectivity index (χ0n) is 12.6. The Kier molecular flexibility index (Phi) is 3.68. The van der Waals surface area contributed by atoms with E-state index in [-0.39, 0.29) is 17.4 Å². The third-order valence-corrected chi connectivity index (χ3v) is 4.44. The van der Waals surface area contributed by atoms with Gasteiger partial charge < -0.3 is 10.6 Å². The minimum atomic E-state index is -0.134. The van der Waals surface area contributed by atoms with Crippen LogP contribution in [0.2, 0.25) is 0 Å². The second kappa shape index (κ2) is 5.49. The van der Waals surface area contributed by atoms with Crippen LogP contribution >= 0.6 is 0 Å². The van der Waals surface area contributed by atoms with Gasteiger partial charge in [0.2, 0.25) is 5.91 Å². The summed E-state index contributed by atoms with van der Waals surface area (Å²) in [4.78, 5) is 12.7. The van der Waals surface area contributed by atoms with Crippen LogP contribution in [-0.2, 0) is 4.79 Å². The lowest BCUT2D eigenvalue weighted by atomic mass is 9.77. The number of amides is 1. The summed E-state index contributed by atoms with van der Waals surface area (Å²) in [6, 6.07) is 14.0. The molecular weight excluding hydrogens is 260 g/mol. The van der Waals surface area contributed by atoms with Gasteiger partial charge in [0.1, 0.15) is 0 Å². The molecular formula is C18H22N2O. The number of rotatable bonds is 2. The average Bonchev–Trinajstić information content (AvgIpc) is 2.47. The van der Waals surface area contributed by atoms with Crippen molar-refractivity contribution in [3.63, 3.8) is 0 Å². The maximum atomic E-state index is 12.7. The molecule has 0 saturated carbocycles. The quantitative estimate of drug-likeness (QED) is 0.884. The molecule has 1 aliphatic heterocycles. The van der Waals surface area contributed by atoms with Crippen LogP contribution in [0.15, 0.2) is 42.5 Å². The second-order valence-corrected chi connectivity index (χ2v) is 6.50. The van der Waals surface area contributed by atoms with Crippen LogP contribution < -0.4 is 10.6 Å². The smallest absolute Gasteiger partial charge is 0.242 e. The fraction of sp³-hybridized carbons (Fsp3) is 0.389. The molecule has 1 heterocycles. The van der Waals surface area contributed by atoms with Crippen molar-refractivity contribution in [2.45, 2.75) is 32.7 Å². The Labute approximate surface area is 125 Å². The number of carbonyl (C=O) groups excluding carboxylic acids is 1. The van der Waals surface area contributed by atoms with Crippen molar-refractivity contribution < 1.29 is 4.79 Å². The minimum Gasteiger partial charge on any atom is -0.324 e. The molecule has 3 heteroatoms. The first-order valence-electron chi connectivity index (χ1n) is 7.60. The summed E-state index contributed by atoms with van der Waals surface area (Å²) in [5, 5.41) is 8.70. The fourth-order valence-electron chi connectivity index (χ4n) is 3.20. The largest absolute Gasteiger partial charge is 0.324 e. The first kappa shape index (κ1) is 14.1. The minimum absolute atomic E-state index is 0.00703. The molecule has 1 amide bonds. The van der Waals surface area contributed by atoms with Crippen molar-refractivity contribution in [3.05, 3.63) is 42.5 Å². The first-order chi connectivity index (χ1) is 10.1. The highest BCUT2D eigenvalue weighted by atomic mass is 16.2. The molecule has 2 aromatic rings. The molecule has 0 bridgehead atoms. The predicted octanol–water partition coefficient (Wildman–Crippen LogP) is 3.56. The maximum Gasteiger partial charge on any atom is 0.242 e. The summed E-state index contributed by atoms with van der Waals surface area (Å²) >= 11 is 0. The van der Waals surface area contributed by atoms with Gasteiger partial charge in [-0.25, -0.2) is 0 Å². The average molecular weight is 282 g/mol. The van der Waals surface area contributed by atoms with Gasteiger partial charge in [0.05, 0.1) is 6.04 Å². The molecule has 2 N–H and O–H groups in total. The molecule has 1 unspecified atom stereocenters. The number of carbonyl (C=O) groups is 1. The fourth-order valence-corrected chi connectivity index (χ4v) is 3.20. The van der Waals surface area contributed by atoms with Crippen molar-refractivity contribution in [1.29, 1.82) is 0 Å². The van der Waals surface area contributed by atoms with E-state index in [2.05, 4.69) is 36.6 Å². The van der Waals surface area contributed by atoms with E-state index >= 15 is 0 Å². The van der Waals surface area contributed by atoms with Crippen LogP contribution in [0.25, 0.3) is 10.8 Å². The Balaban J connectivity index is 1.86. The number of anilines is 1. The van der Waals surface area contributed by atoms with Crippen molar-refractivity contribution in [2.75, 3.05) is 11.9 Å². The summed E-state index contributed by atoms with van der Waals surface area (Å²) in [6.07, 6.45) is 2.21. The molecule has 3 rings (SSSR count). The lowest BCUT2D eigenvalue weighted by Gasteiger charge is -2.38. The second-order valence-electron chi connectivity index (χ2n) is 6.50. The number of benzene rings is 2. The molecule has 0 spiro atoms. The van der Waals surface area contributed by atoms with Gasteiger partial charge in [-0.05, 0) is 36.3 Å². The molecule has 1 fully saturated rings. The van der Waals surface area contributed by atoms with E-state index in [1.165, 1.54) is 0 Å². The highest BCUT2D eigenvalue weighted by Crippen LogP contribution is 2.31. The van der Waals surface area contributed by atoms with E-state index in [4.69, 9.17) is 0 Å². The summed E-state index contributed by atoms with van der Waals surface area (Å²) in [6.45, 7) is 5.23. The van der Waals surface area contributed by atoms with Gasteiger partial charge in [0.15, 0.2) is 0 Å². The molecule has 110 valence electrons. The molecule has 0 radical (unpaired) electrons. The number of fused-ring (bicyclic) bond motifs is 1. The molecule has 1 saturated heterocycles. The van der Waals surface area contributed by atoms with Crippen LogP contribution in [0.3, 0.4) is 0 Å². The first-order valence-corrected chi connectivity index (χ1v) is 7.60. The van der Waals surface area contributed by atoms with Crippen LogP contribution in [0, 0.1) is 5.41 Å². The summed E-state index contributed by atoms with van der Waals surface area (Å²) in [5.41, 5.74) is 0.883. The molecule has 1 aliphatic rings. The van der Waals surface area contributed by atoms with E-state index in [1.54, 1.807) is 0 Å². The number of piperidine rings is 1. The van der Waals surface area contributed by atoms with E-state index in [0.717, 1.165) is 35.8 Å². The highest BCUT2D eigenvalue weighted by Gasteiger charge is 2.37. The zero-order chi connectivity index (χ0) is 14.9. The maximum absolute atomic E-state index is 12.7. The third-order valence-electron chi connectivity index (χ3n) is 4.44. The molecule has 21 heavy (non-hydrogen) atoms. The Morgan fingerprint density at radius 1 is 1.19 bits per heavy atom. The highest BCUT2D eigenvalue weighted by molar-refractivity contribution is 6.04. The zero-order valence-corrected chi connectivity index (χ0v) is 12.6.